The van der Waals surface area contributed by atoms with Crippen molar-refractivity contribution < 1.29 is 23.9 Å². The zero-order chi connectivity index (χ0) is 20.7. The van der Waals surface area contributed by atoms with Crippen LogP contribution in [0.3, 0.4) is 0 Å². The Morgan fingerprint density at radius 3 is 2.68 bits per heavy atom. The molecule has 1 aliphatic rings. The molecule has 0 spiro atoms. The molecule has 1 aromatic heterocycles. The molecule has 0 saturated carbocycles. The molecule has 1 saturated heterocycles. The van der Waals surface area contributed by atoms with Crippen molar-refractivity contribution in [2.24, 2.45) is 11.8 Å². The monoisotopic (exact) mass is 393 g/mol. The number of carbonyl (C=O) groups excluding carboxylic acids is 3. The smallest absolute Gasteiger partial charge is 0.409 e. The highest BCUT2D eigenvalue weighted by Crippen LogP contribution is 2.19. The number of ether oxygens (including phenoxy) is 2. The second kappa shape index (κ2) is 10.3. The van der Waals surface area contributed by atoms with Gasteiger partial charge in [0.2, 0.25) is 5.91 Å². The van der Waals surface area contributed by atoms with Crippen molar-refractivity contribution in [1.82, 2.24) is 15.6 Å². The minimum Gasteiger partial charge on any atom is -0.409 e. The van der Waals surface area contributed by atoms with Crippen molar-refractivity contribution in [3.05, 3.63) is 18.5 Å². The third-order valence-corrected chi connectivity index (χ3v) is 5.30. The highest BCUT2D eigenvalue weighted by Gasteiger charge is 2.37. The summed E-state index contributed by atoms with van der Waals surface area (Å²) in [6.45, 7) is 8.25. The van der Waals surface area contributed by atoms with Crippen molar-refractivity contribution >= 4 is 17.8 Å². The van der Waals surface area contributed by atoms with Gasteiger partial charge in [-0.05, 0) is 37.2 Å². The number of H-pyrrole nitrogens is 1. The first-order valence-electron chi connectivity index (χ1n) is 9.87. The predicted octanol–water partition coefficient (Wildman–Crippen LogP) is 2.41. The first kappa shape index (κ1) is 21.9. The number of aromatic amines is 1. The van der Waals surface area contributed by atoms with Crippen LogP contribution in [0.2, 0.25) is 0 Å². The molecule has 1 aliphatic heterocycles. The maximum Gasteiger partial charge on any atom is 0.413 e. The normalized spacial score (nSPS) is 21.4. The highest BCUT2D eigenvalue weighted by atomic mass is 16.6. The van der Waals surface area contributed by atoms with Gasteiger partial charge in [0.05, 0.1) is 6.10 Å². The molecule has 28 heavy (non-hydrogen) atoms. The van der Waals surface area contributed by atoms with Gasteiger partial charge in [-0.2, -0.15) is 0 Å². The lowest BCUT2D eigenvalue weighted by atomic mass is 9.91. The summed E-state index contributed by atoms with van der Waals surface area (Å²) in [7, 11) is 0. The maximum absolute atomic E-state index is 12.8. The van der Waals surface area contributed by atoms with Crippen LogP contribution in [-0.2, 0) is 14.3 Å². The largest absolute Gasteiger partial charge is 0.413 e. The summed E-state index contributed by atoms with van der Waals surface area (Å²) < 4.78 is 10.6. The van der Waals surface area contributed by atoms with E-state index < -0.39 is 24.1 Å². The lowest BCUT2D eigenvalue weighted by Gasteiger charge is -2.24. The molecule has 3 N–H and O–H groups in total. The van der Waals surface area contributed by atoms with E-state index in [1.54, 1.807) is 12.3 Å². The van der Waals surface area contributed by atoms with Crippen LogP contribution in [-0.4, -0.2) is 47.6 Å². The fourth-order valence-corrected chi connectivity index (χ4v) is 3.05. The maximum atomic E-state index is 12.8. The first-order valence-corrected chi connectivity index (χ1v) is 9.87. The minimum absolute atomic E-state index is 0.00145. The minimum atomic E-state index is -0.793. The van der Waals surface area contributed by atoms with Crippen LogP contribution in [0.25, 0.3) is 0 Å². The van der Waals surface area contributed by atoms with E-state index in [4.69, 9.17) is 9.47 Å². The molecule has 0 aliphatic carbocycles. The Morgan fingerprint density at radius 1 is 1.32 bits per heavy atom. The van der Waals surface area contributed by atoms with Crippen LogP contribution in [0.4, 0.5) is 4.79 Å². The number of hydrogen-bond donors (Lipinski definition) is 3. The molecule has 0 aromatic carbocycles. The molecule has 2 heterocycles. The first-order chi connectivity index (χ1) is 13.3. The molecular formula is C20H31N3O5. The third kappa shape index (κ3) is 6.09. The van der Waals surface area contributed by atoms with Crippen LogP contribution >= 0.6 is 0 Å². The second-order valence-corrected chi connectivity index (χ2v) is 7.64. The van der Waals surface area contributed by atoms with E-state index in [1.165, 1.54) is 6.20 Å². The summed E-state index contributed by atoms with van der Waals surface area (Å²) in [5, 5.41) is 5.39. The SMILES string of the molecule is CCC1OCC(=O)C1NC(=O)[C@H](CCC(C)C(C)C)NC(=O)Oc1cc[nH]c1. The Balaban J connectivity index is 2.02. The van der Waals surface area contributed by atoms with Crippen molar-refractivity contribution in [3.63, 3.8) is 0 Å². The molecule has 1 aromatic rings. The number of carbonyl (C=O) groups is 3. The summed E-state index contributed by atoms with van der Waals surface area (Å²) in [6, 6.07) is 0.138. The van der Waals surface area contributed by atoms with E-state index >= 15 is 0 Å². The van der Waals surface area contributed by atoms with Crippen molar-refractivity contribution in [2.45, 2.75) is 65.1 Å². The predicted molar refractivity (Wildman–Crippen MR) is 104 cm³/mol. The topological polar surface area (TPSA) is 110 Å². The van der Waals surface area contributed by atoms with Crippen LogP contribution in [0.1, 0.15) is 47.0 Å². The zero-order valence-corrected chi connectivity index (χ0v) is 17.0. The summed E-state index contributed by atoms with van der Waals surface area (Å²) in [5.41, 5.74) is 0. The van der Waals surface area contributed by atoms with Crippen molar-refractivity contribution in [2.75, 3.05) is 6.61 Å². The molecule has 8 heteroatoms. The lowest BCUT2D eigenvalue weighted by molar-refractivity contribution is -0.127. The van der Waals surface area contributed by atoms with Gasteiger partial charge in [0.15, 0.2) is 5.78 Å². The van der Waals surface area contributed by atoms with Gasteiger partial charge in [-0.25, -0.2) is 4.79 Å². The van der Waals surface area contributed by atoms with Gasteiger partial charge in [-0.3, -0.25) is 9.59 Å². The van der Waals surface area contributed by atoms with E-state index in [0.717, 1.165) is 6.42 Å². The summed E-state index contributed by atoms with van der Waals surface area (Å²) in [6.07, 6.45) is 3.95. The van der Waals surface area contributed by atoms with Crippen LogP contribution in [0.15, 0.2) is 18.5 Å². The molecular weight excluding hydrogens is 362 g/mol. The molecule has 4 atom stereocenters. The zero-order valence-electron chi connectivity index (χ0n) is 17.0. The van der Waals surface area contributed by atoms with Gasteiger partial charge < -0.3 is 25.1 Å². The molecule has 0 bridgehead atoms. The van der Waals surface area contributed by atoms with E-state index in [2.05, 4.69) is 36.4 Å². The Kier molecular flexibility index (Phi) is 8.04. The number of ketones is 1. The number of aromatic nitrogens is 1. The lowest BCUT2D eigenvalue weighted by Crippen LogP contribution is -2.53. The van der Waals surface area contributed by atoms with Crippen LogP contribution in [0.5, 0.6) is 5.75 Å². The van der Waals surface area contributed by atoms with Gasteiger partial charge in [-0.15, -0.1) is 0 Å². The third-order valence-electron chi connectivity index (χ3n) is 5.30. The number of rotatable bonds is 9. The van der Waals surface area contributed by atoms with E-state index in [1.807, 2.05) is 6.92 Å². The Labute approximate surface area is 165 Å². The van der Waals surface area contributed by atoms with Gasteiger partial charge in [-0.1, -0.05) is 27.7 Å². The average molecular weight is 393 g/mol. The van der Waals surface area contributed by atoms with Crippen molar-refractivity contribution in [1.29, 1.82) is 0 Å². The summed E-state index contributed by atoms with van der Waals surface area (Å²) >= 11 is 0. The Morgan fingerprint density at radius 2 is 2.07 bits per heavy atom. The van der Waals surface area contributed by atoms with Crippen molar-refractivity contribution in [3.8, 4) is 5.75 Å². The Hall–Kier alpha value is -2.35. The van der Waals surface area contributed by atoms with Gasteiger partial charge >= 0.3 is 6.09 Å². The van der Waals surface area contributed by atoms with Gasteiger partial charge in [0.1, 0.15) is 24.4 Å². The standard InChI is InChI=1S/C20H31N3O5/c1-5-17-18(16(24)11-27-17)23-19(25)15(7-6-13(4)12(2)3)22-20(26)28-14-8-9-21-10-14/h8-10,12-13,15,17-18,21H,5-7,11H2,1-4H3,(H,22,26)(H,23,25)/t13?,15-,17?,18?/m0/s1. The Bertz CT molecular complexity index is 659. The molecule has 1 fully saturated rings. The fourth-order valence-electron chi connectivity index (χ4n) is 3.05. The fraction of sp³-hybridized carbons (Fsp3) is 0.650. The number of amides is 2. The number of hydrogen-bond acceptors (Lipinski definition) is 5. The number of Topliss-reactive ketones (excluding diaryl/α,β-unsaturated/α-hetero) is 1. The average Bonchev–Trinajstić information content (AvgIpc) is 3.28. The van der Waals surface area contributed by atoms with Crippen LogP contribution < -0.4 is 15.4 Å². The molecule has 0 radical (unpaired) electrons. The molecule has 2 amide bonds. The van der Waals surface area contributed by atoms with E-state index in [0.29, 0.717) is 30.4 Å². The molecule has 3 unspecified atom stereocenters. The molecule has 156 valence electrons. The molecule has 8 nitrogen and oxygen atoms in total. The molecule has 2 rings (SSSR count). The van der Waals surface area contributed by atoms with E-state index in [9.17, 15) is 14.4 Å². The number of nitrogens with one attached hydrogen (secondary N) is 3. The van der Waals surface area contributed by atoms with E-state index in [-0.39, 0.29) is 18.5 Å². The summed E-state index contributed by atoms with van der Waals surface area (Å²) in [4.78, 5) is 39.9. The second-order valence-electron chi connectivity index (χ2n) is 7.64. The quantitative estimate of drug-likeness (QED) is 0.597. The van der Waals surface area contributed by atoms with Gasteiger partial charge in [0.25, 0.3) is 0 Å². The summed E-state index contributed by atoms with van der Waals surface area (Å²) in [5.74, 6) is 0.661. The van der Waals surface area contributed by atoms with Gasteiger partial charge in [0, 0.05) is 12.4 Å². The van der Waals surface area contributed by atoms with Crippen LogP contribution in [0, 0.1) is 11.8 Å². The highest BCUT2D eigenvalue weighted by molar-refractivity contribution is 5.94.